The van der Waals surface area contributed by atoms with Crippen LogP contribution in [0, 0.1) is 0 Å². The van der Waals surface area contributed by atoms with Crippen molar-refractivity contribution in [3.05, 3.63) is 92.5 Å². The predicted molar refractivity (Wildman–Crippen MR) is 134 cm³/mol. The number of carbonyl (C=O) groups excluding carboxylic acids is 1. The number of benzene rings is 2. The molecule has 7 heteroatoms. The molecule has 1 aromatic heterocycles. The summed E-state index contributed by atoms with van der Waals surface area (Å²) in [6.45, 7) is 4.94. The number of nitrogens with zero attached hydrogens (tertiary/aromatic N) is 3. The van der Waals surface area contributed by atoms with E-state index >= 15 is 0 Å². The first-order valence-corrected chi connectivity index (χ1v) is 12.2. The lowest BCUT2D eigenvalue weighted by Gasteiger charge is -2.23. The second kappa shape index (κ2) is 10.4. The van der Waals surface area contributed by atoms with Gasteiger partial charge in [-0.15, -0.1) is 0 Å². The van der Waals surface area contributed by atoms with Gasteiger partial charge in [-0.1, -0.05) is 73.5 Å². The van der Waals surface area contributed by atoms with E-state index in [4.69, 9.17) is 11.6 Å². The lowest BCUT2D eigenvalue weighted by atomic mass is 9.99. The number of unbranched alkanes of at least 4 members (excludes halogenated alkanes) is 1. The van der Waals surface area contributed by atoms with Gasteiger partial charge in [0.05, 0.1) is 6.04 Å². The smallest absolute Gasteiger partial charge is 0.270 e. The van der Waals surface area contributed by atoms with E-state index in [2.05, 4.69) is 17.1 Å². The molecule has 0 bridgehead atoms. The number of rotatable bonds is 7. The van der Waals surface area contributed by atoms with Crippen molar-refractivity contribution in [1.82, 2.24) is 14.5 Å². The standard InChI is InChI=1S/C27H30ClN3O3/c1-3-4-14-23-29-25(32)24(27(34)31(23)18(2)21-12-8-9-13-22(21)28)26(33)30-16-15-20(17-30)19-10-6-5-7-11-19/h5-13,18,20,32H,3-4,14-17H2,1-2H3/t18?,20-/m1/s1. The molecular formula is C27H30ClN3O3. The highest BCUT2D eigenvalue weighted by Crippen LogP contribution is 2.30. The fourth-order valence-electron chi connectivity index (χ4n) is 4.72. The monoisotopic (exact) mass is 479 g/mol. The second-order valence-corrected chi connectivity index (χ2v) is 9.26. The van der Waals surface area contributed by atoms with Gasteiger partial charge in [-0.05, 0) is 37.0 Å². The highest BCUT2D eigenvalue weighted by Gasteiger charge is 2.33. The zero-order chi connectivity index (χ0) is 24.2. The lowest BCUT2D eigenvalue weighted by Crippen LogP contribution is -2.38. The molecule has 2 aromatic carbocycles. The minimum Gasteiger partial charge on any atom is -0.493 e. The lowest BCUT2D eigenvalue weighted by molar-refractivity contribution is 0.0783. The summed E-state index contributed by atoms with van der Waals surface area (Å²) in [6, 6.07) is 16.9. The van der Waals surface area contributed by atoms with Crippen molar-refractivity contribution < 1.29 is 9.90 Å². The topological polar surface area (TPSA) is 75.4 Å². The summed E-state index contributed by atoms with van der Waals surface area (Å²) in [6.07, 6.45) is 3.04. The van der Waals surface area contributed by atoms with Gasteiger partial charge in [0, 0.05) is 30.5 Å². The zero-order valence-corrected chi connectivity index (χ0v) is 20.3. The highest BCUT2D eigenvalue weighted by molar-refractivity contribution is 6.31. The van der Waals surface area contributed by atoms with Crippen molar-refractivity contribution in [2.75, 3.05) is 13.1 Å². The highest BCUT2D eigenvalue weighted by atomic mass is 35.5. The Morgan fingerprint density at radius 3 is 2.59 bits per heavy atom. The molecule has 1 unspecified atom stereocenters. The van der Waals surface area contributed by atoms with Crippen LogP contribution in [-0.2, 0) is 6.42 Å². The third-order valence-electron chi connectivity index (χ3n) is 6.63. The molecule has 1 saturated heterocycles. The number of hydrogen-bond donors (Lipinski definition) is 1. The maximum Gasteiger partial charge on any atom is 0.270 e. The van der Waals surface area contributed by atoms with Gasteiger partial charge < -0.3 is 10.0 Å². The van der Waals surface area contributed by atoms with E-state index in [1.54, 1.807) is 11.0 Å². The van der Waals surface area contributed by atoms with Crippen LogP contribution in [0.2, 0.25) is 5.02 Å². The molecule has 178 valence electrons. The van der Waals surface area contributed by atoms with Crippen LogP contribution in [0.15, 0.2) is 59.4 Å². The molecule has 1 aliphatic rings. The Labute approximate surface area is 204 Å². The van der Waals surface area contributed by atoms with Crippen molar-refractivity contribution in [2.24, 2.45) is 0 Å². The van der Waals surface area contributed by atoms with E-state index < -0.39 is 23.4 Å². The Morgan fingerprint density at radius 2 is 1.88 bits per heavy atom. The molecule has 1 N–H and O–H groups in total. The molecule has 34 heavy (non-hydrogen) atoms. The molecule has 3 aromatic rings. The maximum atomic E-state index is 13.7. The van der Waals surface area contributed by atoms with E-state index in [0.717, 1.165) is 24.8 Å². The Morgan fingerprint density at radius 1 is 1.18 bits per heavy atom. The van der Waals surface area contributed by atoms with Crippen molar-refractivity contribution in [3.63, 3.8) is 0 Å². The molecule has 4 rings (SSSR count). The summed E-state index contributed by atoms with van der Waals surface area (Å²) in [4.78, 5) is 33.2. The summed E-state index contributed by atoms with van der Waals surface area (Å²) in [5.74, 6) is -0.312. The number of likely N-dealkylation sites (tertiary alicyclic amines) is 1. The van der Waals surface area contributed by atoms with E-state index in [1.165, 1.54) is 10.1 Å². The molecule has 0 radical (unpaired) electrons. The van der Waals surface area contributed by atoms with Gasteiger partial charge in [-0.2, -0.15) is 4.98 Å². The van der Waals surface area contributed by atoms with Crippen LogP contribution in [-0.4, -0.2) is 38.6 Å². The van der Waals surface area contributed by atoms with Gasteiger partial charge in [0.15, 0.2) is 5.56 Å². The van der Waals surface area contributed by atoms with Gasteiger partial charge in [-0.3, -0.25) is 14.2 Å². The molecule has 0 aliphatic carbocycles. The summed E-state index contributed by atoms with van der Waals surface area (Å²) in [7, 11) is 0. The molecule has 2 atom stereocenters. The van der Waals surface area contributed by atoms with E-state index in [-0.39, 0.29) is 11.5 Å². The van der Waals surface area contributed by atoms with Crippen LogP contribution in [0.3, 0.4) is 0 Å². The van der Waals surface area contributed by atoms with Crippen molar-refractivity contribution >= 4 is 17.5 Å². The minimum atomic E-state index is -0.529. The molecule has 1 aliphatic heterocycles. The predicted octanol–water partition coefficient (Wildman–Crippen LogP) is 5.18. The first-order valence-electron chi connectivity index (χ1n) is 11.8. The van der Waals surface area contributed by atoms with E-state index in [1.807, 2.05) is 50.2 Å². The van der Waals surface area contributed by atoms with Gasteiger partial charge in [0.1, 0.15) is 5.82 Å². The fraction of sp³-hybridized carbons (Fsp3) is 0.370. The number of aromatic hydroxyl groups is 1. The molecule has 0 spiro atoms. The Hall–Kier alpha value is -3.12. The van der Waals surface area contributed by atoms with Crippen LogP contribution in [0.1, 0.15) is 72.4 Å². The summed E-state index contributed by atoms with van der Waals surface area (Å²) < 4.78 is 1.52. The molecular weight excluding hydrogens is 450 g/mol. The second-order valence-electron chi connectivity index (χ2n) is 8.85. The summed E-state index contributed by atoms with van der Waals surface area (Å²) in [5, 5.41) is 11.3. The molecule has 1 fully saturated rings. The number of amides is 1. The third kappa shape index (κ3) is 4.73. The maximum absolute atomic E-state index is 13.7. The molecule has 6 nitrogen and oxygen atoms in total. The Kier molecular flexibility index (Phi) is 7.37. The fourth-order valence-corrected chi connectivity index (χ4v) is 5.01. The summed E-state index contributed by atoms with van der Waals surface area (Å²) in [5.41, 5.74) is 1.13. The Bertz CT molecular complexity index is 1230. The summed E-state index contributed by atoms with van der Waals surface area (Å²) >= 11 is 6.43. The van der Waals surface area contributed by atoms with Crippen molar-refractivity contribution in [1.29, 1.82) is 0 Å². The van der Waals surface area contributed by atoms with Crippen LogP contribution < -0.4 is 5.56 Å². The van der Waals surface area contributed by atoms with Crippen molar-refractivity contribution in [2.45, 2.75) is 51.5 Å². The average molecular weight is 480 g/mol. The number of halogens is 1. The average Bonchev–Trinajstić information content (AvgIpc) is 3.33. The number of carbonyl (C=O) groups is 1. The van der Waals surface area contributed by atoms with Gasteiger partial charge >= 0.3 is 0 Å². The van der Waals surface area contributed by atoms with Gasteiger partial charge in [-0.25, -0.2) is 0 Å². The normalized spacial score (nSPS) is 16.6. The third-order valence-corrected chi connectivity index (χ3v) is 6.97. The van der Waals surface area contributed by atoms with Gasteiger partial charge in [0.2, 0.25) is 5.88 Å². The largest absolute Gasteiger partial charge is 0.493 e. The SMILES string of the molecule is CCCCc1nc(O)c(C(=O)N2CC[C@@H](c3ccccc3)C2)c(=O)n1C(C)c1ccccc1Cl. The Balaban J connectivity index is 1.72. The van der Waals surface area contributed by atoms with Crippen LogP contribution in [0.4, 0.5) is 0 Å². The van der Waals surface area contributed by atoms with Crippen LogP contribution in [0.5, 0.6) is 5.88 Å². The van der Waals surface area contributed by atoms with E-state index in [9.17, 15) is 14.7 Å². The molecule has 1 amide bonds. The zero-order valence-electron chi connectivity index (χ0n) is 19.6. The number of hydrogen-bond acceptors (Lipinski definition) is 4. The minimum absolute atomic E-state index is 0.202. The van der Waals surface area contributed by atoms with E-state index in [0.29, 0.717) is 30.4 Å². The first kappa shape index (κ1) is 24.0. The van der Waals surface area contributed by atoms with Gasteiger partial charge in [0.25, 0.3) is 11.5 Å². The van der Waals surface area contributed by atoms with Crippen molar-refractivity contribution in [3.8, 4) is 5.88 Å². The first-order chi connectivity index (χ1) is 16.4. The van der Waals surface area contributed by atoms with Crippen LogP contribution >= 0.6 is 11.6 Å². The number of aryl methyl sites for hydroxylation is 1. The quantitative estimate of drug-likeness (QED) is 0.506. The molecule has 2 heterocycles. The van der Waals surface area contributed by atoms with Crippen LogP contribution in [0.25, 0.3) is 0 Å². The molecule has 0 saturated carbocycles. The number of aromatic nitrogens is 2.